The zero-order chi connectivity index (χ0) is 12.7. The van der Waals surface area contributed by atoms with Gasteiger partial charge in [-0.1, -0.05) is 25.7 Å². The summed E-state index contributed by atoms with van der Waals surface area (Å²) in [5.41, 5.74) is -1.34. The van der Waals surface area contributed by atoms with Gasteiger partial charge in [-0.15, -0.1) is 18.8 Å². The van der Waals surface area contributed by atoms with Crippen molar-refractivity contribution in [3.05, 3.63) is 0 Å². The van der Waals surface area contributed by atoms with Crippen molar-refractivity contribution in [2.75, 3.05) is 0 Å². The van der Waals surface area contributed by atoms with Crippen LogP contribution in [0.25, 0.3) is 0 Å². The Morgan fingerprint density at radius 1 is 1.38 bits per heavy atom. The van der Waals surface area contributed by atoms with Gasteiger partial charge in [0, 0.05) is 6.42 Å². The first-order valence-corrected chi connectivity index (χ1v) is 6.59. The van der Waals surface area contributed by atoms with E-state index in [1.54, 1.807) is 0 Å². The lowest BCUT2D eigenvalue weighted by molar-refractivity contribution is 0.0761. The Hall–Kier alpha value is -0.770. The largest absolute Gasteiger partial charge is 0.471 e. The molecule has 0 radical (unpaired) electrons. The summed E-state index contributed by atoms with van der Waals surface area (Å²) in [5.74, 6) is 4.57. The second kappa shape index (κ2) is 6.74. The predicted molar refractivity (Wildman–Crippen MR) is 62.3 cm³/mol. The van der Waals surface area contributed by atoms with Crippen LogP contribution in [-0.4, -0.2) is 15.4 Å². The third-order valence-corrected chi connectivity index (χ3v) is 2.72. The first-order chi connectivity index (χ1) is 7.39. The molecule has 0 bridgehead atoms. The molecule has 0 aliphatic carbocycles. The van der Waals surface area contributed by atoms with E-state index in [2.05, 4.69) is 16.4 Å². The van der Waals surface area contributed by atoms with Crippen LogP contribution < -0.4 is 0 Å². The molecule has 0 aromatic heterocycles. The molecule has 0 aromatic rings. The van der Waals surface area contributed by atoms with E-state index in [0.717, 1.165) is 19.3 Å². The number of unbranched alkanes of at least 4 members (excludes halogenated alkanes) is 2. The molecule has 2 N–H and O–H groups in total. The summed E-state index contributed by atoms with van der Waals surface area (Å²) in [7, 11) is -4.62. The Labute approximate surface area is 96.6 Å². The molecule has 1 unspecified atom stereocenters. The van der Waals surface area contributed by atoms with E-state index in [1.807, 2.05) is 6.92 Å². The fourth-order valence-corrected chi connectivity index (χ4v) is 2.03. The molecule has 0 aromatic carbocycles. The molecule has 90 valence electrons. The SMILES string of the molecule is C#CCC(C#C)(CCCCC)OP(=O)(O)O. The quantitative estimate of drug-likeness (QED) is 0.408. The molecule has 0 saturated heterocycles. The average molecular weight is 244 g/mol. The lowest BCUT2D eigenvalue weighted by atomic mass is 9.94. The molecule has 0 heterocycles. The number of phosphoric acid groups is 1. The zero-order valence-corrected chi connectivity index (χ0v) is 10.2. The maximum atomic E-state index is 10.8. The monoisotopic (exact) mass is 244 g/mol. The third kappa shape index (κ3) is 5.95. The van der Waals surface area contributed by atoms with Gasteiger partial charge in [0.05, 0.1) is 0 Å². The molecular formula is C11H17O4P. The van der Waals surface area contributed by atoms with Crippen LogP contribution >= 0.6 is 7.82 Å². The van der Waals surface area contributed by atoms with Crippen molar-refractivity contribution in [2.24, 2.45) is 0 Å². The van der Waals surface area contributed by atoms with Gasteiger partial charge in [-0.25, -0.2) is 4.57 Å². The van der Waals surface area contributed by atoms with Crippen LogP contribution in [0.4, 0.5) is 0 Å². The van der Waals surface area contributed by atoms with Gasteiger partial charge >= 0.3 is 7.82 Å². The van der Waals surface area contributed by atoms with E-state index in [0.29, 0.717) is 6.42 Å². The van der Waals surface area contributed by atoms with Gasteiger partial charge in [-0.3, -0.25) is 4.52 Å². The van der Waals surface area contributed by atoms with Crippen LogP contribution in [-0.2, 0) is 9.09 Å². The second-order valence-corrected chi connectivity index (χ2v) is 4.72. The standard InChI is InChI=1S/C11H17O4P/c1-4-7-8-10-11(6-3,9-5-2)15-16(12,13)14/h2-3H,4,7-10H2,1H3,(H2,12,13,14). The van der Waals surface area contributed by atoms with E-state index in [4.69, 9.17) is 22.6 Å². The Morgan fingerprint density at radius 2 is 2.00 bits per heavy atom. The number of terminal acetylenes is 2. The summed E-state index contributed by atoms with van der Waals surface area (Å²) >= 11 is 0. The fourth-order valence-electron chi connectivity index (χ4n) is 1.37. The molecule has 5 heteroatoms. The Morgan fingerprint density at radius 3 is 2.38 bits per heavy atom. The van der Waals surface area contributed by atoms with Crippen LogP contribution in [0.15, 0.2) is 0 Å². The summed E-state index contributed by atoms with van der Waals surface area (Å²) in [5, 5.41) is 0. The molecular weight excluding hydrogens is 227 g/mol. The molecule has 1 atom stereocenters. The normalized spacial score (nSPS) is 14.8. The highest BCUT2D eigenvalue weighted by molar-refractivity contribution is 7.46. The van der Waals surface area contributed by atoms with Crippen molar-refractivity contribution in [1.29, 1.82) is 0 Å². The van der Waals surface area contributed by atoms with Crippen LogP contribution in [0.5, 0.6) is 0 Å². The molecule has 0 amide bonds. The molecule has 0 fully saturated rings. The number of rotatable bonds is 7. The summed E-state index contributed by atoms with van der Waals surface area (Å²) in [6.45, 7) is 2.02. The topological polar surface area (TPSA) is 66.8 Å². The van der Waals surface area contributed by atoms with Crippen molar-refractivity contribution in [3.63, 3.8) is 0 Å². The predicted octanol–water partition coefficient (Wildman–Crippen LogP) is 2.07. The molecule has 0 rings (SSSR count). The highest BCUT2D eigenvalue weighted by atomic mass is 31.2. The summed E-state index contributed by atoms with van der Waals surface area (Å²) in [6.07, 6.45) is 13.4. The van der Waals surface area contributed by atoms with E-state index >= 15 is 0 Å². The van der Waals surface area contributed by atoms with Crippen LogP contribution in [0.1, 0.15) is 39.0 Å². The highest BCUT2D eigenvalue weighted by Gasteiger charge is 2.35. The minimum absolute atomic E-state index is 0.00166. The van der Waals surface area contributed by atoms with Crippen LogP contribution in [0, 0.1) is 24.7 Å². The minimum Gasteiger partial charge on any atom is -0.303 e. The minimum atomic E-state index is -4.62. The van der Waals surface area contributed by atoms with Gasteiger partial charge in [0.2, 0.25) is 0 Å². The first-order valence-electron chi connectivity index (χ1n) is 5.06. The van der Waals surface area contributed by atoms with Crippen molar-refractivity contribution >= 4 is 7.82 Å². The number of hydrogen-bond donors (Lipinski definition) is 2. The van der Waals surface area contributed by atoms with E-state index in [9.17, 15) is 4.57 Å². The summed E-state index contributed by atoms with van der Waals surface area (Å²) < 4.78 is 15.5. The van der Waals surface area contributed by atoms with Gasteiger partial charge in [-0.2, -0.15) is 0 Å². The fraction of sp³-hybridized carbons (Fsp3) is 0.636. The van der Waals surface area contributed by atoms with Crippen LogP contribution in [0.3, 0.4) is 0 Å². The highest BCUT2D eigenvalue weighted by Crippen LogP contribution is 2.44. The maximum Gasteiger partial charge on any atom is 0.471 e. The van der Waals surface area contributed by atoms with E-state index < -0.39 is 13.4 Å². The number of hydrogen-bond acceptors (Lipinski definition) is 2. The van der Waals surface area contributed by atoms with Gasteiger partial charge < -0.3 is 9.79 Å². The van der Waals surface area contributed by atoms with Crippen LogP contribution in [0.2, 0.25) is 0 Å². The summed E-state index contributed by atoms with van der Waals surface area (Å²) in [4.78, 5) is 17.6. The van der Waals surface area contributed by atoms with Gasteiger partial charge in [0.15, 0.2) is 5.60 Å². The van der Waals surface area contributed by atoms with Gasteiger partial charge in [0.1, 0.15) is 0 Å². The van der Waals surface area contributed by atoms with Gasteiger partial charge in [0.25, 0.3) is 0 Å². The molecule has 0 saturated carbocycles. The Balaban J connectivity index is 4.68. The Kier molecular flexibility index (Phi) is 6.41. The number of phosphoric ester groups is 1. The first kappa shape index (κ1) is 15.2. The lowest BCUT2D eigenvalue weighted by Gasteiger charge is -2.26. The van der Waals surface area contributed by atoms with Gasteiger partial charge in [-0.05, 0) is 12.8 Å². The average Bonchev–Trinajstić information content (AvgIpc) is 2.16. The van der Waals surface area contributed by atoms with E-state index in [1.165, 1.54) is 0 Å². The summed E-state index contributed by atoms with van der Waals surface area (Å²) in [6, 6.07) is 0. The van der Waals surface area contributed by atoms with E-state index in [-0.39, 0.29) is 6.42 Å². The smallest absolute Gasteiger partial charge is 0.303 e. The third-order valence-electron chi connectivity index (χ3n) is 2.13. The molecule has 4 nitrogen and oxygen atoms in total. The molecule has 0 aliphatic rings. The zero-order valence-electron chi connectivity index (χ0n) is 9.35. The maximum absolute atomic E-state index is 10.8. The lowest BCUT2D eigenvalue weighted by Crippen LogP contribution is -2.29. The van der Waals surface area contributed by atoms with Crippen molar-refractivity contribution in [2.45, 2.75) is 44.6 Å². The second-order valence-electron chi connectivity index (χ2n) is 3.56. The molecule has 0 spiro atoms. The molecule has 0 aliphatic heterocycles. The van der Waals surface area contributed by atoms with Crippen molar-refractivity contribution < 1.29 is 18.9 Å². The Bertz CT molecular complexity index is 333. The molecule has 16 heavy (non-hydrogen) atoms. The van der Waals surface area contributed by atoms with Crippen molar-refractivity contribution in [3.8, 4) is 24.7 Å². The van der Waals surface area contributed by atoms with Crippen molar-refractivity contribution in [1.82, 2.24) is 0 Å².